The molecule has 4 nitrogen and oxygen atoms in total. The summed E-state index contributed by atoms with van der Waals surface area (Å²) in [4.78, 5) is 4.73. The maximum atomic E-state index is 5.70. The van der Waals surface area contributed by atoms with Gasteiger partial charge < -0.3 is 14.8 Å². The Labute approximate surface area is 142 Å². The Bertz CT molecular complexity index is 598. The SMILES string of the molecule is CCCNCCc1csc(-c2ccc(OCCC)c(OC)c2)n1. The minimum Gasteiger partial charge on any atom is -0.493 e. The number of methoxy groups -OCH3 is 1. The van der Waals surface area contributed by atoms with E-state index < -0.39 is 0 Å². The van der Waals surface area contributed by atoms with Crippen LogP contribution < -0.4 is 14.8 Å². The molecule has 1 aromatic carbocycles. The number of hydrogen-bond donors (Lipinski definition) is 1. The van der Waals surface area contributed by atoms with E-state index in [9.17, 15) is 0 Å². The molecule has 0 aliphatic heterocycles. The van der Waals surface area contributed by atoms with Crippen LogP contribution in [0.1, 0.15) is 32.4 Å². The molecule has 0 bridgehead atoms. The molecule has 0 aliphatic carbocycles. The van der Waals surface area contributed by atoms with Gasteiger partial charge in [0.1, 0.15) is 5.01 Å². The van der Waals surface area contributed by atoms with Gasteiger partial charge in [0.15, 0.2) is 11.5 Å². The second-order valence-corrected chi connectivity index (χ2v) is 6.22. The van der Waals surface area contributed by atoms with Crippen LogP contribution in [0.2, 0.25) is 0 Å². The van der Waals surface area contributed by atoms with Crippen LogP contribution in [0.3, 0.4) is 0 Å². The van der Waals surface area contributed by atoms with Crippen molar-refractivity contribution in [3.8, 4) is 22.1 Å². The molecule has 1 heterocycles. The molecule has 2 aromatic rings. The summed E-state index contributed by atoms with van der Waals surface area (Å²) in [7, 11) is 1.67. The molecule has 126 valence electrons. The van der Waals surface area contributed by atoms with Crippen molar-refractivity contribution in [3.05, 3.63) is 29.3 Å². The van der Waals surface area contributed by atoms with Gasteiger partial charge in [-0.3, -0.25) is 0 Å². The topological polar surface area (TPSA) is 43.4 Å². The number of thiazole rings is 1. The zero-order valence-corrected chi connectivity index (χ0v) is 15.0. The van der Waals surface area contributed by atoms with Crippen molar-refractivity contribution in [3.63, 3.8) is 0 Å². The molecular formula is C18H26N2O2S. The van der Waals surface area contributed by atoms with Crippen LogP contribution >= 0.6 is 11.3 Å². The quantitative estimate of drug-likeness (QED) is 0.663. The largest absolute Gasteiger partial charge is 0.493 e. The monoisotopic (exact) mass is 334 g/mol. The summed E-state index contributed by atoms with van der Waals surface area (Å²) in [6, 6.07) is 6.02. The third-order valence-corrected chi connectivity index (χ3v) is 4.35. The summed E-state index contributed by atoms with van der Waals surface area (Å²) >= 11 is 1.67. The van der Waals surface area contributed by atoms with Crippen LogP contribution in [0.25, 0.3) is 10.6 Å². The van der Waals surface area contributed by atoms with Crippen molar-refractivity contribution in [1.82, 2.24) is 10.3 Å². The van der Waals surface area contributed by atoms with E-state index in [1.54, 1.807) is 18.4 Å². The Kier molecular flexibility index (Phi) is 7.36. The van der Waals surface area contributed by atoms with Crippen molar-refractivity contribution in [2.75, 3.05) is 26.8 Å². The predicted octanol–water partition coefficient (Wildman–Crippen LogP) is 4.15. The maximum Gasteiger partial charge on any atom is 0.161 e. The molecular weight excluding hydrogens is 308 g/mol. The summed E-state index contributed by atoms with van der Waals surface area (Å²) in [6.07, 6.45) is 3.10. The van der Waals surface area contributed by atoms with Crippen LogP contribution in [0, 0.1) is 0 Å². The first kappa shape index (κ1) is 17.8. The number of nitrogens with one attached hydrogen (secondary N) is 1. The number of nitrogens with zero attached hydrogens (tertiary/aromatic N) is 1. The average Bonchev–Trinajstić information content (AvgIpc) is 3.05. The van der Waals surface area contributed by atoms with E-state index in [2.05, 4.69) is 24.5 Å². The van der Waals surface area contributed by atoms with Crippen molar-refractivity contribution >= 4 is 11.3 Å². The molecule has 0 atom stereocenters. The van der Waals surface area contributed by atoms with E-state index in [4.69, 9.17) is 14.5 Å². The first-order chi connectivity index (χ1) is 11.3. The van der Waals surface area contributed by atoms with E-state index in [0.29, 0.717) is 6.61 Å². The highest BCUT2D eigenvalue weighted by Crippen LogP contribution is 2.33. The summed E-state index contributed by atoms with van der Waals surface area (Å²) in [5.74, 6) is 1.55. The molecule has 0 fully saturated rings. The third kappa shape index (κ3) is 5.22. The summed E-state index contributed by atoms with van der Waals surface area (Å²) in [6.45, 7) is 7.00. The Balaban J connectivity index is 2.05. The molecule has 0 unspecified atom stereocenters. The van der Waals surface area contributed by atoms with Crippen molar-refractivity contribution in [1.29, 1.82) is 0 Å². The van der Waals surface area contributed by atoms with E-state index in [0.717, 1.165) is 60.1 Å². The van der Waals surface area contributed by atoms with Crippen LogP contribution in [0.4, 0.5) is 0 Å². The van der Waals surface area contributed by atoms with E-state index in [-0.39, 0.29) is 0 Å². The fourth-order valence-corrected chi connectivity index (χ4v) is 3.06. The molecule has 0 saturated heterocycles. The smallest absolute Gasteiger partial charge is 0.161 e. The number of rotatable bonds is 10. The molecule has 5 heteroatoms. The molecule has 2 rings (SSSR count). The van der Waals surface area contributed by atoms with Crippen molar-refractivity contribution in [2.45, 2.75) is 33.1 Å². The number of aromatic nitrogens is 1. The van der Waals surface area contributed by atoms with E-state index in [1.165, 1.54) is 0 Å². The highest BCUT2D eigenvalue weighted by atomic mass is 32.1. The molecule has 1 aromatic heterocycles. The minimum atomic E-state index is 0.696. The Hall–Kier alpha value is -1.59. The Morgan fingerprint density at radius 3 is 2.74 bits per heavy atom. The fourth-order valence-electron chi connectivity index (χ4n) is 2.20. The zero-order valence-electron chi connectivity index (χ0n) is 14.2. The summed E-state index contributed by atoms with van der Waals surface area (Å²) < 4.78 is 11.1. The standard InChI is InChI=1S/C18H26N2O2S/c1-4-9-19-10-8-15-13-23-18(20-15)14-6-7-16(22-11-5-2)17(12-14)21-3/h6-7,12-13,19H,4-5,8-11H2,1-3H3. The van der Waals surface area contributed by atoms with Gasteiger partial charge in [0.25, 0.3) is 0 Å². The van der Waals surface area contributed by atoms with Crippen LogP contribution in [0.15, 0.2) is 23.6 Å². The van der Waals surface area contributed by atoms with Gasteiger partial charge in [-0.25, -0.2) is 4.98 Å². The van der Waals surface area contributed by atoms with E-state index >= 15 is 0 Å². The lowest BCUT2D eigenvalue weighted by atomic mass is 10.2. The van der Waals surface area contributed by atoms with Gasteiger partial charge in [-0.15, -0.1) is 11.3 Å². The fraction of sp³-hybridized carbons (Fsp3) is 0.500. The van der Waals surface area contributed by atoms with Crippen LogP contribution in [0.5, 0.6) is 11.5 Å². The third-order valence-electron chi connectivity index (χ3n) is 3.41. The molecule has 23 heavy (non-hydrogen) atoms. The number of hydrogen-bond acceptors (Lipinski definition) is 5. The van der Waals surface area contributed by atoms with Crippen molar-refractivity contribution in [2.24, 2.45) is 0 Å². The highest BCUT2D eigenvalue weighted by Gasteiger charge is 2.10. The molecule has 0 spiro atoms. The van der Waals surface area contributed by atoms with Crippen LogP contribution in [-0.2, 0) is 6.42 Å². The van der Waals surface area contributed by atoms with Gasteiger partial charge in [-0.1, -0.05) is 13.8 Å². The van der Waals surface area contributed by atoms with Gasteiger partial charge in [0.2, 0.25) is 0 Å². The molecule has 0 aliphatic rings. The number of ether oxygens (including phenoxy) is 2. The molecule has 0 amide bonds. The predicted molar refractivity (Wildman–Crippen MR) is 96.8 cm³/mol. The first-order valence-electron chi connectivity index (χ1n) is 8.24. The van der Waals surface area contributed by atoms with Gasteiger partial charge >= 0.3 is 0 Å². The lowest BCUT2D eigenvalue weighted by Gasteiger charge is -2.10. The lowest BCUT2D eigenvalue weighted by molar-refractivity contribution is 0.294. The second kappa shape index (κ2) is 9.53. The number of benzene rings is 1. The molecule has 0 saturated carbocycles. The van der Waals surface area contributed by atoms with Gasteiger partial charge in [-0.2, -0.15) is 0 Å². The van der Waals surface area contributed by atoms with Gasteiger partial charge in [0.05, 0.1) is 19.4 Å². The summed E-state index contributed by atoms with van der Waals surface area (Å²) in [5.41, 5.74) is 2.21. The van der Waals surface area contributed by atoms with Crippen molar-refractivity contribution < 1.29 is 9.47 Å². The maximum absolute atomic E-state index is 5.70. The molecule has 1 N–H and O–H groups in total. The second-order valence-electron chi connectivity index (χ2n) is 5.36. The first-order valence-corrected chi connectivity index (χ1v) is 9.12. The van der Waals surface area contributed by atoms with Gasteiger partial charge in [0, 0.05) is 23.9 Å². The molecule has 0 radical (unpaired) electrons. The Morgan fingerprint density at radius 2 is 2.00 bits per heavy atom. The summed E-state index contributed by atoms with van der Waals surface area (Å²) in [5, 5.41) is 6.57. The Morgan fingerprint density at radius 1 is 1.13 bits per heavy atom. The van der Waals surface area contributed by atoms with Crippen LogP contribution in [-0.4, -0.2) is 31.8 Å². The lowest BCUT2D eigenvalue weighted by Crippen LogP contribution is -2.17. The average molecular weight is 334 g/mol. The minimum absolute atomic E-state index is 0.696. The normalized spacial score (nSPS) is 10.7. The van der Waals surface area contributed by atoms with Gasteiger partial charge in [-0.05, 0) is 37.6 Å². The highest BCUT2D eigenvalue weighted by molar-refractivity contribution is 7.13. The zero-order chi connectivity index (χ0) is 16.5. The van der Waals surface area contributed by atoms with E-state index in [1.807, 2.05) is 18.2 Å².